The number of piperazine rings is 1. The molecule has 1 aromatic heterocycles. The highest BCUT2D eigenvalue weighted by Gasteiger charge is 2.27. The minimum atomic E-state index is -0.0149. The number of aromatic nitrogens is 1. The predicted octanol–water partition coefficient (Wildman–Crippen LogP) is 3.29. The van der Waals surface area contributed by atoms with Crippen LogP contribution in [-0.4, -0.2) is 46.9 Å². The molecule has 1 aromatic carbocycles. The number of nitrogens with zero attached hydrogens (tertiary/aromatic N) is 3. The van der Waals surface area contributed by atoms with Gasteiger partial charge < -0.3 is 4.90 Å². The van der Waals surface area contributed by atoms with Crippen LogP contribution in [0, 0.1) is 6.92 Å². The quantitative estimate of drug-likeness (QED) is 0.836. The van der Waals surface area contributed by atoms with Crippen molar-refractivity contribution in [3.8, 4) is 0 Å². The molecular weight excluding hydrogens is 318 g/mol. The third-order valence-corrected chi connectivity index (χ3v) is 5.47. The van der Waals surface area contributed by atoms with Crippen molar-refractivity contribution in [1.29, 1.82) is 0 Å². The molecule has 0 saturated carbocycles. The standard InChI is InChI=1S/C19H25N3OS/c1-3-18(16-7-5-4-6-8-16)19(23)22-11-9-21(10-12-22)13-17-14-24-15(2)20-17/h4-8,14,18H,3,9-13H2,1-2H3. The fraction of sp³-hybridized carbons (Fsp3) is 0.474. The summed E-state index contributed by atoms with van der Waals surface area (Å²) in [6.07, 6.45) is 0.848. The second-order valence-corrected chi connectivity index (χ2v) is 7.39. The van der Waals surface area contributed by atoms with Gasteiger partial charge in [-0.1, -0.05) is 37.3 Å². The molecule has 1 aliphatic heterocycles. The van der Waals surface area contributed by atoms with Crippen LogP contribution in [0.1, 0.15) is 35.5 Å². The van der Waals surface area contributed by atoms with Gasteiger partial charge in [0.05, 0.1) is 16.6 Å². The van der Waals surface area contributed by atoms with E-state index in [-0.39, 0.29) is 11.8 Å². The van der Waals surface area contributed by atoms with E-state index in [4.69, 9.17) is 0 Å². The fourth-order valence-corrected chi connectivity index (χ4v) is 3.90. The van der Waals surface area contributed by atoms with Gasteiger partial charge in [-0.15, -0.1) is 11.3 Å². The van der Waals surface area contributed by atoms with Crippen LogP contribution in [-0.2, 0) is 11.3 Å². The molecule has 0 N–H and O–H groups in total. The molecule has 24 heavy (non-hydrogen) atoms. The molecule has 1 aliphatic rings. The zero-order valence-corrected chi connectivity index (χ0v) is 15.3. The van der Waals surface area contributed by atoms with Crippen LogP contribution in [0.25, 0.3) is 0 Å². The third kappa shape index (κ3) is 4.02. The van der Waals surface area contributed by atoms with E-state index in [1.165, 1.54) is 0 Å². The van der Waals surface area contributed by atoms with Gasteiger partial charge in [0.15, 0.2) is 0 Å². The Hall–Kier alpha value is -1.72. The third-order valence-electron chi connectivity index (χ3n) is 4.64. The van der Waals surface area contributed by atoms with Crippen molar-refractivity contribution in [2.45, 2.75) is 32.7 Å². The predicted molar refractivity (Wildman–Crippen MR) is 98.2 cm³/mol. The zero-order valence-electron chi connectivity index (χ0n) is 14.4. The average Bonchev–Trinajstić information content (AvgIpc) is 3.02. The Morgan fingerprint density at radius 3 is 2.50 bits per heavy atom. The van der Waals surface area contributed by atoms with Gasteiger partial charge in [0.25, 0.3) is 0 Å². The summed E-state index contributed by atoms with van der Waals surface area (Å²) in [5.74, 6) is 0.256. The molecule has 2 aromatic rings. The minimum Gasteiger partial charge on any atom is -0.340 e. The second kappa shape index (κ2) is 7.90. The van der Waals surface area contributed by atoms with Gasteiger partial charge in [-0.2, -0.15) is 0 Å². The van der Waals surface area contributed by atoms with Gasteiger partial charge in [0.1, 0.15) is 0 Å². The van der Waals surface area contributed by atoms with Gasteiger partial charge in [-0.25, -0.2) is 4.98 Å². The van der Waals surface area contributed by atoms with Gasteiger partial charge in [-0.05, 0) is 18.9 Å². The van der Waals surface area contributed by atoms with Crippen LogP contribution in [0.4, 0.5) is 0 Å². The molecule has 0 bridgehead atoms. The monoisotopic (exact) mass is 343 g/mol. The van der Waals surface area contributed by atoms with Crippen LogP contribution in [0.15, 0.2) is 35.7 Å². The number of amides is 1. The molecule has 0 aliphatic carbocycles. The van der Waals surface area contributed by atoms with Crippen LogP contribution >= 0.6 is 11.3 Å². The molecule has 2 heterocycles. The van der Waals surface area contributed by atoms with E-state index in [2.05, 4.69) is 34.3 Å². The number of hydrogen-bond acceptors (Lipinski definition) is 4. The molecule has 5 heteroatoms. The summed E-state index contributed by atoms with van der Waals surface area (Å²) < 4.78 is 0. The molecule has 0 radical (unpaired) electrons. The first-order valence-corrected chi connectivity index (χ1v) is 9.52. The Balaban J connectivity index is 1.56. The average molecular weight is 343 g/mol. The van der Waals surface area contributed by atoms with Crippen LogP contribution in [0.3, 0.4) is 0 Å². The van der Waals surface area contributed by atoms with Crippen molar-refractivity contribution in [2.75, 3.05) is 26.2 Å². The Kier molecular flexibility index (Phi) is 5.63. The second-order valence-electron chi connectivity index (χ2n) is 6.33. The van der Waals surface area contributed by atoms with Crippen molar-refractivity contribution in [3.05, 3.63) is 52.0 Å². The molecule has 0 spiro atoms. The van der Waals surface area contributed by atoms with Crippen LogP contribution < -0.4 is 0 Å². The number of aryl methyl sites for hydroxylation is 1. The molecule has 1 unspecified atom stereocenters. The minimum absolute atomic E-state index is 0.0149. The summed E-state index contributed by atoms with van der Waals surface area (Å²) in [7, 11) is 0. The van der Waals surface area contributed by atoms with E-state index in [0.29, 0.717) is 0 Å². The fourth-order valence-electron chi connectivity index (χ4n) is 3.29. The maximum Gasteiger partial charge on any atom is 0.230 e. The molecule has 128 valence electrons. The first-order chi connectivity index (χ1) is 11.7. The number of thiazole rings is 1. The first kappa shape index (κ1) is 17.1. The van der Waals surface area contributed by atoms with Crippen molar-refractivity contribution in [3.63, 3.8) is 0 Å². The largest absolute Gasteiger partial charge is 0.340 e. The molecule has 1 saturated heterocycles. The van der Waals surface area contributed by atoms with E-state index in [9.17, 15) is 4.79 Å². The summed E-state index contributed by atoms with van der Waals surface area (Å²) >= 11 is 1.70. The number of carbonyl (C=O) groups excluding carboxylic acids is 1. The lowest BCUT2D eigenvalue weighted by Gasteiger charge is -2.36. The number of rotatable bonds is 5. The van der Waals surface area contributed by atoms with Gasteiger partial charge in [0, 0.05) is 38.1 Å². The highest BCUT2D eigenvalue weighted by atomic mass is 32.1. The lowest BCUT2D eigenvalue weighted by atomic mass is 9.95. The maximum atomic E-state index is 12.9. The summed E-state index contributed by atoms with van der Waals surface area (Å²) in [5, 5.41) is 3.25. The molecule has 1 atom stereocenters. The smallest absolute Gasteiger partial charge is 0.230 e. The molecule has 4 nitrogen and oxygen atoms in total. The van der Waals surface area contributed by atoms with E-state index in [0.717, 1.165) is 55.4 Å². The molecule has 1 amide bonds. The van der Waals surface area contributed by atoms with Gasteiger partial charge in [-0.3, -0.25) is 9.69 Å². The number of carbonyl (C=O) groups is 1. The summed E-state index contributed by atoms with van der Waals surface area (Å²) in [6.45, 7) is 8.50. The van der Waals surface area contributed by atoms with E-state index < -0.39 is 0 Å². The lowest BCUT2D eigenvalue weighted by molar-refractivity contribution is -0.134. The molecule has 3 rings (SSSR count). The highest BCUT2D eigenvalue weighted by Crippen LogP contribution is 2.23. The molecule has 1 fully saturated rings. The van der Waals surface area contributed by atoms with Crippen LogP contribution in [0.5, 0.6) is 0 Å². The molecular formula is C19H25N3OS. The van der Waals surface area contributed by atoms with Crippen molar-refractivity contribution >= 4 is 17.2 Å². The first-order valence-electron chi connectivity index (χ1n) is 8.64. The summed E-state index contributed by atoms with van der Waals surface area (Å²) in [5.41, 5.74) is 2.28. The summed E-state index contributed by atoms with van der Waals surface area (Å²) in [4.78, 5) is 21.9. The van der Waals surface area contributed by atoms with Crippen molar-refractivity contribution < 1.29 is 4.79 Å². The normalized spacial score (nSPS) is 17.0. The number of benzene rings is 1. The summed E-state index contributed by atoms with van der Waals surface area (Å²) in [6, 6.07) is 10.2. The Bertz CT molecular complexity index is 662. The van der Waals surface area contributed by atoms with Gasteiger partial charge in [0.2, 0.25) is 5.91 Å². The number of hydrogen-bond donors (Lipinski definition) is 0. The zero-order chi connectivity index (χ0) is 16.9. The van der Waals surface area contributed by atoms with Crippen LogP contribution in [0.2, 0.25) is 0 Å². The SMILES string of the molecule is CCC(C(=O)N1CCN(Cc2csc(C)n2)CC1)c1ccccc1. The Labute approximate surface area is 148 Å². The Morgan fingerprint density at radius 1 is 1.21 bits per heavy atom. The van der Waals surface area contributed by atoms with Gasteiger partial charge >= 0.3 is 0 Å². The van der Waals surface area contributed by atoms with E-state index in [1.54, 1.807) is 11.3 Å². The topological polar surface area (TPSA) is 36.4 Å². The maximum absolute atomic E-state index is 12.9. The lowest BCUT2D eigenvalue weighted by Crippen LogP contribution is -2.49. The van der Waals surface area contributed by atoms with Crippen molar-refractivity contribution in [1.82, 2.24) is 14.8 Å². The highest BCUT2D eigenvalue weighted by molar-refractivity contribution is 7.09. The van der Waals surface area contributed by atoms with E-state index in [1.807, 2.05) is 30.0 Å². The van der Waals surface area contributed by atoms with Crippen molar-refractivity contribution in [2.24, 2.45) is 0 Å². The van der Waals surface area contributed by atoms with E-state index >= 15 is 0 Å². The Morgan fingerprint density at radius 2 is 1.92 bits per heavy atom.